The number of halogens is 2. The van der Waals surface area contributed by atoms with Gasteiger partial charge in [-0.2, -0.15) is 5.10 Å². The number of hydrogen-bond donors (Lipinski definition) is 2. The second-order valence-electron chi connectivity index (χ2n) is 7.47. The molecule has 1 unspecified atom stereocenters. The molecule has 4 rings (SSSR count). The Kier molecular flexibility index (Phi) is 4.37. The van der Waals surface area contributed by atoms with Crippen LogP contribution in [0.25, 0.3) is 11.3 Å². The molecular weight excluding hydrogens is 364 g/mol. The van der Waals surface area contributed by atoms with Gasteiger partial charge in [0.15, 0.2) is 5.82 Å². The number of para-hydroxylation sites is 1. The standard InChI is InChI=1S/C21H19F2N3O2/c1-21(2)11-16(15-5-3-4-6-18(15)28-21)20(27)24-19-10-17(25-26-19)12-7-13(22)9-14(23)8-12/h3-10,16H,11H2,1-2H3,(H2,24,25,26,27). The number of carbonyl (C=O) groups is 1. The van der Waals surface area contributed by atoms with Gasteiger partial charge < -0.3 is 10.1 Å². The predicted molar refractivity (Wildman–Crippen MR) is 101 cm³/mol. The highest BCUT2D eigenvalue weighted by Crippen LogP contribution is 2.41. The summed E-state index contributed by atoms with van der Waals surface area (Å²) in [5.74, 6) is -1.00. The zero-order valence-electron chi connectivity index (χ0n) is 15.4. The van der Waals surface area contributed by atoms with Gasteiger partial charge in [0, 0.05) is 29.7 Å². The Bertz CT molecular complexity index is 1030. The van der Waals surface area contributed by atoms with Crippen LogP contribution in [0.3, 0.4) is 0 Å². The summed E-state index contributed by atoms with van der Waals surface area (Å²) in [5, 5.41) is 9.53. The van der Waals surface area contributed by atoms with Crippen LogP contribution in [0.2, 0.25) is 0 Å². The molecule has 1 atom stereocenters. The first-order valence-corrected chi connectivity index (χ1v) is 8.91. The van der Waals surface area contributed by atoms with Crippen LogP contribution < -0.4 is 10.1 Å². The minimum Gasteiger partial charge on any atom is -0.488 e. The lowest BCUT2D eigenvalue weighted by Gasteiger charge is -2.36. The summed E-state index contributed by atoms with van der Waals surface area (Å²) in [6.45, 7) is 3.88. The van der Waals surface area contributed by atoms with Gasteiger partial charge in [-0.3, -0.25) is 9.89 Å². The molecular formula is C21H19F2N3O2. The molecule has 1 amide bonds. The van der Waals surface area contributed by atoms with E-state index in [9.17, 15) is 13.6 Å². The molecule has 0 fully saturated rings. The molecule has 0 aliphatic carbocycles. The fourth-order valence-electron chi connectivity index (χ4n) is 3.49. The summed E-state index contributed by atoms with van der Waals surface area (Å²) in [6, 6.07) is 12.2. The fraction of sp³-hybridized carbons (Fsp3) is 0.238. The van der Waals surface area contributed by atoms with Gasteiger partial charge in [-0.25, -0.2) is 8.78 Å². The Balaban J connectivity index is 1.57. The van der Waals surface area contributed by atoms with Crippen LogP contribution in [0.4, 0.5) is 14.6 Å². The molecule has 28 heavy (non-hydrogen) atoms. The quantitative estimate of drug-likeness (QED) is 0.693. The average Bonchev–Trinajstić information content (AvgIpc) is 3.08. The van der Waals surface area contributed by atoms with E-state index >= 15 is 0 Å². The Morgan fingerprint density at radius 1 is 1.18 bits per heavy atom. The molecule has 0 saturated carbocycles. The third-order valence-corrected chi connectivity index (χ3v) is 4.70. The normalized spacial score (nSPS) is 17.5. The third-order valence-electron chi connectivity index (χ3n) is 4.70. The zero-order chi connectivity index (χ0) is 19.9. The van der Waals surface area contributed by atoms with Gasteiger partial charge >= 0.3 is 0 Å². The second-order valence-corrected chi connectivity index (χ2v) is 7.47. The number of aromatic amines is 1. The Hall–Kier alpha value is -3.22. The minimum absolute atomic E-state index is 0.215. The number of fused-ring (bicyclic) bond motifs is 1. The van der Waals surface area contributed by atoms with Crippen molar-refractivity contribution in [2.24, 2.45) is 0 Å². The summed E-state index contributed by atoms with van der Waals surface area (Å²) in [7, 11) is 0. The highest BCUT2D eigenvalue weighted by atomic mass is 19.1. The number of anilines is 1. The van der Waals surface area contributed by atoms with E-state index in [-0.39, 0.29) is 11.7 Å². The minimum atomic E-state index is -0.684. The summed E-state index contributed by atoms with van der Waals surface area (Å²) in [4.78, 5) is 12.9. The summed E-state index contributed by atoms with van der Waals surface area (Å²) in [5.41, 5.74) is 1.05. The average molecular weight is 383 g/mol. The summed E-state index contributed by atoms with van der Waals surface area (Å²) < 4.78 is 32.8. The largest absolute Gasteiger partial charge is 0.488 e. The van der Waals surface area contributed by atoms with E-state index < -0.39 is 23.2 Å². The first kappa shape index (κ1) is 18.2. The van der Waals surface area contributed by atoms with Crippen molar-refractivity contribution in [2.75, 3.05) is 5.32 Å². The number of H-pyrrole nitrogens is 1. The van der Waals surface area contributed by atoms with Gasteiger partial charge in [0.05, 0.1) is 11.6 Å². The number of amides is 1. The van der Waals surface area contributed by atoms with Crippen LogP contribution in [0.15, 0.2) is 48.5 Å². The van der Waals surface area contributed by atoms with Gasteiger partial charge in [0.1, 0.15) is 23.0 Å². The van der Waals surface area contributed by atoms with Crippen molar-refractivity contribution in [3.8, 4) is 17.0 Å². The maximum atomic E-state index is 13.4. The molecule has 3 aromatic rings. The number of nitrogens with zero attached hydrogens (tertiary/aromatic N) is 1. The number of carbonyl (C=O) groups excluding carboxylic acids is 1. The van der Waals surface area contributed by atoms with Crippen molar-refractivity contribution >= 4 is 11.7 Å². The number of nitrogens with one attached hydrogen (secondary N) is 2. The van der Waals surface area contributed by atoms with Gasteiger partial charge in [-0.15, -0.1) is 0 Å². The first-order chi connectivity index (χ1) is 13.3. The van der Waals surface area contributed by atoms with Gasteiger partial charge in [-0.05, 0) is 32.0 Å². The lowest BCUT2D eigenvalue weighted by Crippen LogP contribution is -2.38. The van der Waals surface area contributed by atoms with E-state index in [1.54, 1.807) is 6.07 Å². The van der Waals surface area contributed by atoms with Crippen molar-refractivity contribution < 1.29 is 18.3 Å². The maximum Gasteiger partial charge on any atom is 0.233 e. The molecule has 0 bridgehead atoms. The van der Waals surface area contributed by atoms with Gasteiger partial charge in [-0.1, -0.05) is 18.2 Å². The van der Waals surface area contributed by atoms with Gasteiger partial charge in [0.2, 0.25) is 5.91 Å². The molecule has 144 valence electrons. The van der Waals surface area contributed by atoms with Crippen molar-refractivity contribution in [3.05, 3.63) is 65.7 Å². The lowest BCUT2D eigenvalue weighted by atomic mass is 9.84. The molecule has 7 heteroatoms. The maximum absolute atomic E-state index is 13.4. The SMILES string of the molecule is CC1(C)CC(C(=O)Nc2cc(-c3cc(F)cc(F)c3)[nH]n2)c2ccccc2O1. The van der Waals surface area contributed by atoms with E-state index in [0.717, 1.165) is 11.6 Å². The molecule has 0 spiro atoms. The second kappa shape index (κ2) is 6.74. The van der Waals surface area contributed by atoms with Gasteiger partial charge in [0.25, 0.3) is 0 Å². The van der Waals surface area contributed by atoms with Crippen LogP contribution in [0, 0.1) is 11.6 Å². The number of hydrogen-bond acceptors (Lipinski definition) is 3. The van der Waals surface area contributed by atoms with E-state index in [2.05, 4.69) is 15.5 Å². The van der Waals surface area contributed by atoms with Crippen molar-refractivity contribution in [1.82, 2.24) is 10.2 Å². The van der Waals surface area contributed by atoms with Crippen LogP contribution in [-0.2, 0) is 4.79 Å². The monoisotopic (exact) mass is 383 g/mol. The van der Waals surface area contributed by atoms with Crippen LogP contribution in [0.1, 0.15) is 31.7 Å². The van der Waals surface area contributed by atoms with Crippen LogP contribution in [-0.4, -0.2) is 21.7 Å². The number of rotatable bonds is 3. The van der Waals surface area contributed by atoms with E-state index in [0.29, 0.717) is 23.4 Å². The van der Waals surface area contributed by atoms with E-state index in [4.69, 9.17) is 4.74 Å². The molecule has 0 radical (unpaired) electrons. The Morgan fingerprint density at radius 2 is 1.89 bits per heavy atom. The molecule has 1 aliphatic rings. The fourth-order valence-corrected chi connectivity index (χ4v) is 3.49. The topological polar surface area (TPSA) is 67.0 Å². The van der Waals surface area contributed by atoms with Crippen molar-refractivity contribution in [2.45, 2.75) is 31.8 Å². The van der Waals surface area contributed by atoms with Crippen LogP contribution in [0.5, 0.6) is 5.75 Å². The molecule has 0 saturated heterocycles. The number of benzene rings is 2. The molecule has 2 heterocycles. The van der Waals surface area contributed by atoms with E-state index in [1.165, 1.54) is 12.1 Å². The predicted octanol–water partition coefficient (Wildman–Crippen LogP) is 4.64. The van der Waals surface area contributed by atoms with Crippen molar-refractivity contribution in [1.29, 1.82) is 0 Å². The smallest absolute Gasteiger partial charge is 0.233 e. The van der Waals surface area contributed by atoms with E-state index in [1.807, 2.05) is 38.1 Å². The highest BCUT2D eigenvalue weighted by molar-refractivity contribution is 5.96. The number of ether oxygens (including phenoxy) is 1. The number of aromatic nitrogens is 2. The van der Waals surface area contributed by atoms with Crippen LogP contribution >= 0.6 is 0 Å². The molecule has 2 aromatic carbocycles. The lowest BCUT2D eigenvalue weighted by molar-refractivity contribution is -0.119. The molecule has 1 aliphatic heterocycles. The molecule has 2 N–H and O–H groups in total. The Labute approximate surface area is 160 Å². The molecule has 1 aromatic heterocycles. The highest BCUT2D eigenvalue weighted by Gasteiger charge is 2.37. The zero-order valence-corrected chi connectivity index (χ0v) is 15.4. The summed E-state index contributed by atoms with van der Waals surface area (Å²) in [6.07, 6.45) is 0.516. The van der Waals surface area contributed by atoms with Crippen molar-refractivity contribution in [3.63, 3.8) is 0 Å². The Morgan fingerprint density at radius 3 is 2.64 bits per heavy atom. The third kappa shape index (κ3) is 3.60. The molecule has 5 nitrogen and oxygen atoms in total. The first-order valence-electron chi connectivity index (χ1n) is 8.91. The summed E-state index contributed by atoms with van der Waals surface area (Å²) >= 11 is 0.